The van der Waals surface area contributed by atoms with E-state index < -0.39 is 0 Å². The molecular weight excluding hydrogens is 296 g/mol. The average Bonchev–Trinajstić information content (AvgIpc) is 3.26. The normalized spacial score (nSPS) is 26.0. The van der Waals surface area contributed by atoms with Crippen molar-refractivity contribution in [3.05, 3.63) is 12.3 Å². The maximum Gasteiger partial charge on any atom is 0.239 e. The van der Waals surface area contributed by atoms with E-state index in [1.54, 1.807) is 13.3 Å². The summed E-state index contributed by atoms with van der Waals surface area (Å²) in [6, 6.07) is 2.24. The monoisotopic (exact) mass is 322 g/mol. The lowest BCUT2D eigenvalue weighted by Crippen LogP contribution is -2.39. The van der Waals surface area contributed by atoms with Crippen LogP contribution in [0.3, 0.4) is 0 Å². The highest BCUT2D eigenvalue weighted by Gasteiger charge is 2.33. The predicted molar refractivity (Wildman–Crippen MR) is 86.2 cm³/mol. The highest BCUT2D eigenvalue weighted by atomic mass is 16.5. The van der Waals surface area contributed by atoms with Gasteiger partial charge in [-0.15, -0.1) is 0 Å². The minimum absolute atomic E-state index is 0.00885. The number of hydrogen-bond acceptors (Lipinski definition) is 5. The lowest BCUT2D eigenvalue weighted by atomic mass is 10.2. The average molecular weight is 322 g/mol. The number of methoxy groups -OCH3 is 1. The van der Waals surface area contributed by atoms with Crippen LogP contribution in [0.4, 0.5) is 5.82 Å². The second-order valence-corrected chi connectivity index (χ2v) is 6.51. The first kappa shape index (κ1) is 16.4. The van der Waals surface area contributed by atoms with Gasteiger partial charge >= 0.3 is 0 Å². The van der Waals surface area contributed by atoms with E-state index in [-0.39, 0.29) is 31.2 Å². The largest absolute Gasteiger partial charge is 0.395 e. The molecule has 2 N–H and O–H groups in total. The Kier molecular flexibility index (Phi) is 5.30. The molecule has 2 aliphatic rings. The SMILES string of the molecule is CO[C@@H]1C[C@@H](CO)N(CC(=O)Nc2ccnn2C2CCCC2)C1. The number of nitrogens with zero attached hydrogens (tertiary/aromatic N) is 3. The van der Waals surface area contributed by atoms with Crippen LogP contribution in [0.25, 0.3) is 0 Å². The molecule has 2 atom stereocenters. The topological polar surface area (TPSA) is 79.6 Å². The van der Waals surface area contributed by atoms with Crippen LogP contribution in [0.5, 0.6) is 0 Å². The number of amides is 1. The summed E-state index contributed by atoms with van der Waals surface area (Å²) in [7, 11) is 1.67. The molecule has 2 fully saturated rings. The summed E-state index contributed by atoms with van der Waals surface area (Å²) >= 11 is 0. The summed E-state index contributed by atoms with van der Waals surface area (Å²) in [5, 5.41) is 16.8. The molecule has 2 heterocycles. The first-order valence-electron chi connectivity index (χ1n) is 8.42. The van der Waals surface area contributed by atoms with E-state index in [1.807, 2.05) is 15.6 Å². The summed E-state index contributed by atoms with van der Waals surface area (Å²) in [6.07, 6.45) is 7.29. The minimum atomic E-state index is -0.0695. The van der Waals surface area contributed by atoms with Crippen LogP contribution in [0, 0.1) is 0 Å². The summed E-state index contributed by atoms with van der Waals surface area (Å²) in [5.41, 5.74) is 0. The van der Waals surface area contributed by atoms with Gasteiger partial charge < -0.3 is 15.2 Å². The van der Waals surface area contributed by atoms with E-state index in [1.165, 1.54) is 12.8 Å². The lowest BCUT2D eigenvalue weighted by Gasteiger charge is -2.22. The zero-order chi connectivity index (χ0) is 16.2. The fourth-order valence-electron chi connectivity index (χ4n) is 3.71. The summed E-state index contributed by atoms with van der Waals surface area (Å²) in [5.74, 6) is 0.699. The van der Waals surface area contributed by atoms with E-state index >= 15 is 0 Å². The Bertz CT molecular complexity index is 527. The van der Waals surface area contributed by atoms with Crippen molar-refractivity contribution >= 4 is 11.7 Å². The number of anilines is 1. The smallest absolute Gasteiger partial charge is 0.239 e. The quantitative estimate of drug-likeness (QED) is 0.817. The van der Waals surface area contributed by atoms with Crippen molar-refractivity contribution < 1.29 is 14.6 Å². The van der Waals surface area contributed by atoms with E-state index in [9.17, 15) is 9.90 Å². The third-order valence-corrected chi connectivity index (χ3v) is 4.99. The Morgan fingerprint density at radius 1 is 1.48 bits per heavy atom. The van der Waals surface area contributed by atoms with Crippen LogP contribution in [-0.2, 0) is 9.53 Å². The molecule has 1 aliphatic heterocycles. The number of ether oxygens (including phenoxy) is 1. The van der Waals surface area contributed by atoms with Gasteiger partial charge in [0.25, 0.3) is 0 Å². The highest BCUT2D eigenvalue weighted by Crippen LogP contribution is 2.31. The number of hydrogen-bond donors (Lipinski definition) is 2. The maximum absolute atomic E-state index is 12.4. The van der Waals surface area contributed by atoms with E-state index in [0.29, 0.717) is 12.6 Å². The van der Waals surface area contributed by atoms with Crippen molar-refractivity contribution in [2.75, 3.05) is 32.1 Å². The highest BCUT2D eigenvalue weighted by molar-refractivity contribution is 5.91. The third-order valence-electron chi connectivity index (χ3n) is 4.99. The Morgan fingerprint density at radius 3 is 2.96 bits per heavy atom. The number of carbonyl (C=O) groups is 1. The van der Waals surface area contributed by atoms with Crippen molar-refractivity contribution in [1.29, 1.82) is 0 Å². The van der Waals surface area contributed by atoms with Gasteiger partial charge in [0.05, 0.1) is 31.5 Å². The van der Waals surface area contributed by atoms with Crippen molar-refractivity contribution in [1.82, 2.24) is 14.7 Å². The van der Waals surface area contributed by atoms with Crippen LogP contribution in [0.15, 0.2) is 12.3 Å². The number of aliphatic hydroxyl groups is 1. The third kappa shape index (κ3) is 3.73. The molecule has 0 spiro atoms. The molecule has 1 saturated carbocycles. The minimum Gasteiger partial charge on any atom is -0.395 e. The van der Waals surface area contributed by atoms with Gasteiger partial charge in [0.1, 0.15) is 5.82 Å². The molecule has 7 nitrogen and oxygen atoms in total. The van der Waals surface area contributed by atoms with Gasteiger partial charge in [-0.25, -0.2) is 4.68 Å². The summed E-state index contributed by atoms with van der Waals surface area (Å²) < 4.78 is 7.29. The first-order chi connectivity index (χ1) is 11.2. The molecule has 3 rings (SSSR count). The van der Waals surface area contributed by atoms with Crippen molar-refractivity contribution in [3.63, 3.8) is 0 Å². The van der Waals surface area contributed by atoms with Gasteiger partial charge in [0.15, 0.2) is 0 Å². The molecule has 0 bridgehead atoms. The number of rotatable bonds is 6. The lowest BCUT2D eigenvalue weighted by molar-refractivity contribution is -0.117. The Balaban J connectivity index is 1.58. The van der Waals surface area contributed by atoms with Crippen LogP contribution in [-0.4, -0.2) is 64.6 Å². The van der Waals surface area contributed by atoms with Crippen molar-refractivity contribution in [2.24, 2.45) is 0 Å². The molecule has 1 aliphatic carbocycles. The number of aromatic nitrogens is 2. The van der Waals surface area contributed by atoms with Gasteiger partial charge in [0.2, 0.25) is 5.91 Å². The van der Waals surface area contributed by atoms with Gasteiger partial charge in [-0.3, -0.25) is 9.69 Å². The van der Waals surface area contributed by atoms with Crippen LogP contribution in [0.2, 0.25) is 0 Å². The fourth-order valence-corrected chi connectivity index (χ4v) is 3.71. The number of likely N-dealkylation sites (tertiary alicyclic amines) is 1. The van der Waals surface area contributed by atoms with Crippen molar-refractivity contribution in [3.8, 4) is 0 Å². The molecule has 0 radical (unpaired) electrons. The molecule has 0 aromatic carbocycles. The number of nitrogens with one attached hydrogen (secondary N) is 1. The zero-order valence-electron chi connectivity index (χ0n) is 13.6. The van der Waals surface area contributed by atoms with E-state index in [4.69, 9.17) is 4.74 Å². The number of carbonyl (C=O) groups excluding carboxylic acids is 1. The molecule has 23 heavy (non-hydrogen) atoms. The zero-order valence-corrected chi connectivity index (χ0v) is 13.6. The van der Waals surface area contributed by atoms with E-state index in [2.05, 4.69) is 10.4 Å². The molecular formula is C16H26N4O3. The van der Waals surface area contributed by atoms with Gasteiger partial charge in [-0.1, -0.05) is 12.8 Å². The molecule has 1 aromatic rings. The Hall–Kier alpha value is -1.44. The van der Waals surface area contributed by atoms with Crippen LogP contribution >= 0.6 is 0 Å². The van der Waals surface area contributed by atoms with Crippen LogP contribution in [0.1, 0.15) is 38.1 Å². The second-order valence-electron chi connectivity index (χ2n) is 6.51. The van der Waals surface area contributed by atoms with Gasteiger partial charge in [0, 0.05) is 25.8 Å². The Labute approximate surface area is 136 Å². The Morgan fingerprint density at radius 2 is 2.26 bits per heavy atom. The van der Waals surface area contributed by atoms with Gasteiger partial charge in [-0.05, 0) is 19.3 Å². The molecule has 1 saturated heterocycles. The molecule has 1 amide bonds. The predicted octanol–water partition coefficient (Wildman–Crippen LogP) is 1.02. The first-order valence-corrected chi connectivity index (χ1v) is 8.42. The standard InChI is InChI=1S/C16H26N4O3/c1-23-14-8-13(11-21)19(9-14)10-16(22)18-15-6-7-17-20(15)12-4-2-3-5-12/h6-7,12-14,21H,2-5,8-11H2,1H3,(H,18,22)/t13-,14+/m0/s1. The molecule has 0 unspecified atom stereocenters. The van der Waals surface area contributed by atoms with E-state index in [0.717, 1.165) is 25.1 Å². The second kappa shape index (κ2) is 7.42. The molecule has 128 valence electrons. The fraction of sp³-hybridized carbons (Fsp3) is 0.750. The molecule has 1 aromatic heterocycles. The maximum atomic E-state index is 12.4. The number of aliphatic hydroxyl groups excluding tert-OH is 1. The summed E-state index contributed by atoms with van der Waals surface area (Å²) in [6.45, 7) is 0.991. The molecule has 7 heteroatoms. The van der Waals surface area contributed by atoms with Gasteiger partial charge in [-0.2, -0.15) is 5.10 Å². The van der Waals surface area contributed by atoms with Crippen LogP contribution < -0.4 is 5.32 Å². The summed E-state index contributed by atoms with van der Waals surface area (Å²) in [4.78, 5) is 14.4. The van der Waals surface area contributed by atoms with Crippen molar-refractivity contribution in [2.45, 2.75) is 50.3 Å².